The van der Waals surface area contributed by atoms with Crippen molar-refractivity contribution in [3.05, 3.63) is 52.0 Å². The van der Waals surface area contributed by atoms with Crippen molar-refractivity contribution in [3.8, 4) is 11.5 Å². The van der Waals surface area contributed by atoms with Gasteiger partial charge in [0, 0.05) is 5.02 Å². The number of nitrogens with one attached hydrogen (secondary N) is 1. The molecule has 1 fully saturated rings. The number of amides is 1. The Morgan fingerprint density at radius 1 is 1.00 bits per heavy atom. The highest BCUT2D eigenvalue weighted by molar-refractivity contribution is 6.35. The Hall–Kier alpha value is -1.91. The first-order valence-corrected chi connectivity index (χ1v) is 8.51. The summed E-state index contributed by atoms with van der Waals surface area (Å²) < 4.78 is 11.2. The maximum Gasteiger partial charge on any atom is 0.235 e. The van der Waals surface area contributed by atoms with E-state index in [0.717, 1.165) is 24.2 Å². The molecule has 124 valence electrons. The van der Waals surface area contributed by atoms with Gasteiger partial charge >= 0.3 is 0 Å². The van der Waals surface area contributed by atoms with Crippen LogP contribution in [0.2, 0.25) is 10.0 Å². The van der Waals surface area contributed by atoms with E-state index in [1.807, 2.05) is 18.2 Å². The minimum atomic E-state index is -0.540. The average Bonchev–Trinajstić information content (AvgIpc) is 3.40. The van der Waals surface area contributed by atoms with Gasteiger partial charge in [0.05, 0.1) is 16.1 Å². The van der Waals surface area contributed by atoms with Crippen LogP contribution in [-0.4, -0.2) is 19.1 Å². The quantitative estimate of drug-likeness (QED) is 0.876. The van der Waals surface area contributed by atoms with Crippen molar-refractivity contribution in [2.75, 3.05) is 18.5 Å². The third-order valence-corrected chi connectivity index (χ3v) is 5.02. The molecule has 0 aromatic heterocycles. The second-order valence-corrected chi connectivity index (χ2v) is 6.86. The summed E-state index contributed by atoms with van der Waals surface area (Å²) >= 11 is 12.1. The molecule has 2 aromatic rings. The Bertz CT molecular complexity index is 818. The first kappa shape index (κ1) is 15.6. The number of ether oxygens (including phenoxy) is 2. The van der Waals surface area contributed by atoms with Crippen LogP contribution in [0.5, 0.6) is 11.5 Å². The molecule has 1 saturated carbocycles. The molecular formula is C18H15Cl2NO3. The molecule has 1 heterocycles. The number of halogens is 2. The largest absolute Gasteiger partial charge is 0.486 e. The van der Waals surface area contributed by atoms with E-state index in [9.17, 15) is 4.79 Å². The van der Waals surface area contributed by atoms with Crippen LogP contribution in [0.1, 0.15) is 18.4 Å². The molecule has 0 spiro atoms. The van der Waals surface area contributed by atoms with Gasteiger partial charge in [-0.05, 0) is 48.7 Å². The Morgan fingerprint density at radius 2 is 1.75 bits per heavy atom. The lowest BCUT2D eigenvalue weighted by Gasteiger charge is -2.22. The van der Waals surface area contributed by atoms with Gasteiger partial charge in [0.25, 0.3) is 0 Å². The van der Waals surface area contributed by atoms with E-state index in [1.165, 1.54) is 0 Å². The summed E-state index contributed by atoms with van der Waals surface area (Å²) in [5, 5.41) is 3.90. The van der Waals surface area contributed by atoms with Crippen molar-refractivity contribution in [2.24, 2.45) is 0 Å². The predicted molar refractivity (Wildman–Crippen MR) is 93.4 cm³/mol. The molecule has 0 unspecified atom stereocenters. The Kier molecular flexibility index (Phi) is 3.82. The molecule has 0 saturated heterocycles. The highest BCUT2D eigenvalue weighted by Gasteiger charge is 2.51. The molecule has 0 bridgehead atoms. The van der Waals surface area contributed by atoms with Gasteiger partial charge in [0.1, 0.15) is 13.2 Å². The number of hydrogen-bond acceptors (Lipinski definition) is 3. The maximum absolute atomic E-state index is 12.8. The molecule has 1 N–H and O–H groups in total. The molecule has 6 heteroatoms. The zero-order valence-electron chi connectivity index (χ0n) is 12.8. The average molecular weight is 364 g/mol. The van der Waals surface area contributed by atoms with Crippen LogP contribution in [0, 0.1) is 0 Å². The Morgan fingerprint density at radius 3 is 2.50 bits per heavy atom. The van der Waals surface area contributed by atoms with Gasteiger partial charge in [0.2, 0.25) is 5.91 Å². The number of fused-ring (bicyclic) bond motifs is 1. The van der Waals surface area contributed by atoms with Crippen LogP contribution >= 0.6 is 23.2 Å². The number of carbonyl (C=O) groups excluding carboxylic acids is 1. The molecule has 1 aliphatic heterocycles. The summed E-state index contributed by atoms with van der Waals surface area (Å²) in [6.07, 6.45) is 1.58. The second-order valence-electron chi connectivity index (χ2n) is 6.02. The van der Waals surface area contributed by atoms with Gasteiger partial charge in [-0.25, -0.2) is 0 Å². The molecule has 4 rings (SSSR count). The van der Waals surface area contributed by atoms with E-state index >= 15 is 0 Å². The molecule has 1 aliphatic carbocycles. The molecular weight excluding hydrogens is 349 g/mol. The van der Waals surface area contributed by atoms with Gasteiger partial charge in [-0.1, -0.05) is 29.3 Å². The van der Waals surface area contributed by atoms with Crippen LogP contribution in [0.15, 0.2) is 36.4 Å². The fourth-order valence-electron chi connectivity index (χ4n) is 2.95. The molecule has 2 aromatic carbocycles. The van der Waals surface area contributed by atoms with E-state index in [4.69, 9.17) is 32.7 Å². The number of hydrogen-bond donors (Lipinski definition) is 1. The van der Waals surface area contributed by atoms with Crippen molar-refractivity contribution in [3.63, 3.8) is 0 Å². The Labute approximate surface area is 149 Å². The zero-order valence-corrected chi connectivity index (χ0v) is 14.3. The third kappa shape index (κ3) is 2.70. The van der Waals surface area contributed by atoms with Gasteiger partial charge in [-0.3, -0.25) is 4.79 Å². The number of anilines is 1. The van der Waals surface area contributed by atoms with Crippen molar-refractivity contribution in [1.82, 2.24) is 0 Å². The first-order valence-electron chi connectivity index (χ1n) is 7.75. The van der Waals surface area contributed by atoms with E-state index in [0.29, 0.717) is 34.7 Å². The van der Waals surface area contributed by atoms with Crippen LogP contribution in [0.3, 0.4) is 0 Å². The van der Waals surface area contributed by atoms with E-state index in [2.05, 4.69) is 5.32 Å². The topological polar surface area (TPSA) is 47.6 Å². The summed E-state index contributed by atoms with van der Waals surface area (Å²) in [7, 11) is 0. The summed E-state index contributed by atoms with van der Waals surface area (Å²) in [6, 6.07) is 10.7. The highest BCUT2D eigenvalue weighted by atomic mass is 35.5. The predicted octanol–water partition coefficient (Wildman–Crippen LogP) is 4.43. The second kappa shape index (κ2) is 5.87. The monoisotopic (exact) mass is 363 g/mol. The fraction of sp³-hybridized carbons (Fsp3) is 0.278. The first-order chi connectivity index (χ1) is 11.6. The molecule has 0 atom stereocenters. The van der Waals surface area contributed by atoms with E-state index in [-0.39, 0.29) is 5.91 Å². The van der Waals surface area contributed by atoms with Crippen molar-refractivity contribution in [1.29, 1.82) is 0 Å². The molecule has 24 heavy (non-hydrogen) atoms. The van der Waals surface area contributed by atoms with Gasteiger partial charge in [-0.2, -0.15) is 0 Å². The lowest BCUT2D eigenvalue weighted by Crippen LogP contribution is -2.28. The Balaban J connectivity index is 1.61. The lowest BCUT2D eigenvalue weighted by atomic mass is 9.94. The summed E-state index contributed by atoms with van der Waals surface area (Å²) in [5.41, 5.74) is 0.918. The lowest BCUT2D eigenvalue weighted by molar-refractivity contribution is -0.118. The maximum atomic E-state index is 12.8. The minimum Gasteiger partial charge on any atom is -0.486 e. The van der Waals surface area contributed by atoms with E-state index in [1.54, 1.807) is 18.2 Å². The van der Waals surface area contributed by atoms with Crippen LogP contribution < -0.4 is 14.8 Å². The summed E-state index contributed by atoms with van der Waals surface area (Å²) in [4.78, 5) is 12.8. The number of benzene rings is 2. The molecule has 2 aliphatic rings. The standard InChI is InChI=1S/C18H15Cl2NO3/c19-12-2-3-13(20)14(10-12)21-17(22)18(5-6-18)11-1-4-15-16(9-11)24-8-7-23-15/h1-4,9-10H,5-8H2,(H,21,22). The third-order valence-electron chi connectivity index (χ3n) is 4.46. The number of rotatable bonds is 3. The minimum absolute atomic E-state index is 0.0802. The highest BCUT2D eigenvalue weighted by Crippen LogP contribution is 2.51. The van der Waals surface area contributed by atoms with Gasteiger partial charge in [-0.15, -0.1) is 0 Å². The van der Waals surface area contributed by atoms with Crippen molar-refractivity contribution in [2.45, 2.75) is 18.3 Å². The molecule has 0 radical (unpaired) electrons. The van der Waals surface area contributed by atoms with E-state index < -0.39 is 5.41 Å². The smallest absolute Gasteiger partial charge is 0.235 e. The van der Waals surface area contributed by atoms with Crippen molar-refractivity contribution >= 4 is 34.8 Å². The molecule has 1 amide bonds. The van der Waals surface area contributed by atoms with Crippen molar-refractivity contribution < 1.29 is 14.3 Å². The van der Waals surface area contributed by atoms with Crippen LogP contribution in [0.4, 0.5) is 5.69 Å². The summed E-state index contributed by atoms with van der Waals surface area (Å²) in [5.74, 6) is 1.33. The van der Waals surface area contributed by atoms with Gasteiger partial charge < -0.3 is 14.8 Å². The normalized spacial score (nSPS) is 17.2. The fourth-order valence-corrected chi connectivity index (χ4v) is 3.28. The van der Waals surface area contributed by atoms with Crippen LogP contribution in [-0.2, 0) is 10.2 Å². The summed E-state index contributed by atoms with van der Waals surface area (Å²) in [6.45, 7) is 1.07. The zero-order chi connectivity index (χ0) is 16.7. The van der Waals surface area contributed by atoms with Gasteiger partial charge in [0.15, 0.2) is 11.5 Å². The SMILES string of the molecule is O=C(Nc1cc(Cl)ccc1Cl)C1(c2ccc3c(c2)OCCO3)CC1. The number of carbonyl (C=O) groups is 1. The molecule has 4 nitrogen and oxygen atoms in total. The van der Waals surface area contributed by atoms with Crippen LogP contribution in [0.25, 0.3) is 0 Å².